The first-order valence-corrected chi connectivity index (χ1v) is 10.4. The summed E-state index contributed by atoms with van der Waals surface area (Å²) in [5.74, 6) is -1.96. The predicted molar refractivity (Wildman–Crippen MR) is 108 cm³/mol. The number of aromatic carboxylic acids is 1. The van der Waals surface area contributed by atoms with E-state index in [0.717, 1.165) is 25.3 Å². The summed E-state index contributed by atoms with van der Waals surface area (Å²) in [6.45, 7) is 4.27. The van der Waals surface area contributed by atoms with E-state index in [1.54, 1.807) is 6.92 Å². The molecule has 2 saturated carbocycles. The van der Waals surface area contributed by atoms with E-state index in [2.05, 4.69) is 5.32 Å². The SMILES string of the molecule is Cc1c(C2NCC(C)(N)C23CCC3)c(F)cc2c(=O)c(C(=O)O)cn(C3CC3F)c12. The van der Waals surface area contributed by atoms with Crippen LogP contribution in [0.25, 0.3) is 10.9 Å². The van der Waals surface area contributed by atoms with Gasteiger partial charge < -0.3 is 20.7 Å². The van der Waals surface area contributed by atoms with Crippen LogP contribution < -0.4 is 16.5 Å². The highest BCUT2D eigenvalue weighted by Crippen LogP contribution is 2.60. The van der Waals surface area contributed by atoms with E-state index in [0.29, 0.717) is 23.2 Å². The van der Waals surface area contributed by atoms with Crippen LogP contribution >= 0.6 is 0 Å². The molecule has 4 unspecified atom stereocenters. The molecule has 1 aromatic heterocycles. The summed E-state index contributed by atoms with van der Waals surface area (Å²) in [5, 5.41) is 12.8. The fourth-order valence-electron chi connectivity index (χ4n) is 5.71. The van der Waals surface area contributed by atoms with E-state index in [1.807, 2.05) is 6.92 Å². The number of hydrogen-bond acceptors (Lipinski definition) is 4. The Balaban J connectivity index is 1.79. The quantitative estimate of drug-likeness (QED) is 0.713. The molecule has 2 aromatic rings. The highest BCUT2D eigenvalue weighted by Gasteiger charge is 2.60. The van der Waals surface area contributed by atoms with Crippen molar-refractivity contribution in [3.8, 4) is 0 Å². The lowest BCUT2D eigenvalue weighted by Crippen LogP contribution is -2.56. The van der Waals surface area contributed by atoms with Crippen LogP contribution in [0.5, 0.6) is 0 Å². The molecule has 3 aliphatic rings. The number of aromatic nitrogens is 1. The molecule has 3 fully saturated rings. The number of alkyl halides is 1. The summed E-state index contributed by atoms with van der Waals surface area (Å²) in [6, 6.07) is 0.268. The summed E-state index contributed by atoms with van der Waals surface area (Å²) in [6.07, 6.45) is 3.14. The number of benzene rings is 1. The summed E-state index contributed by atoms with van der Waals surface area (Å²) in [5.41, 5.74) is 6.00. The minimum absolute atomic E-state index is 0.0242. The lowest BCUT2D eigenvalue weighted by molar-refractivity contribution is 0.0452. The average molecular weight is 417 g/mol. The Bertz CT molecular complexity index is 1150. The molecule has 0 bridgehead atoms. The van der Waals surface area contributed by atoms with E-state index < -0.39 is 40.5 Å². The van der Waals surface area contributed by atoms with Gasteiger partial charge in [0.2, 0.25) is 5.43 Å². The Kier molecular flexibility index (Phi) is 4.00. The third-order valence-electron chi connectivity index (χ3n) is 7.72. The number of carboxylic acid groups (broad SMARTS) is 1. The number of rotatable bonds is 3. The van der Waals surface area contributed by atoms with Crippen LogP contribution in [0.15, 0.2) is 17.1 Å². The first-order valence-electron chi connectivity index (χ1n) is 10.4. The van der Waals surface area contributed by atoms with Crippen molar-refractivity contribution in [2.24, 2.45) is 11.1 Å². The fraction of sp³-hybridized carbons (Fsp3) is 0.545. The number of halogens is 2. The lowest BCUT2D eigenvalue weighted by Gasteiger charge is -2.51. The van der Waals surface area contributed by atoms with Crippen molar-refractivity contribution in [2.45, 2.75) is 63.3 Å². The summed E-state index contributed by atoms with van der Waals surface area (Å²) in [4.78, 5) is 24.4. The third-order valence-corrected chi connectivity index (χ3v) is 7.72. The molecule has 2 heterocycles. The zero-order chi connectivity index (χ0) is 21.6. The van der Waals surface area contributed by atoms with Crippen molar-refractivity contribution < 1.29 is 18.7 Å². The Morgan fingerprint density at radius 2 is 2.07 bits per heavy atom. The second kappa shape index (κ2) is 6.11. The number of pyridine rings is 1. The number of hydrogen-bond donors (Lipinski definition) is 3. The Morgan fingerprint density at radius 3 is 2.60 bits per heavy atom. The zero-order valence-corrected chi connectivity index (χ0v) is 17.0. The number of nitrogens with zero attached hydrogens (tertiary/aromatic N) is 1. The van der Waals surface area contributed by atoms with Crippen molar-refractivity contribution in [3.05, 3.63) is 45.0 Å². The van der Waals surface area contributed by atoms with Crippen LogP contribution in [-0.4, -0.2) is 33.9 Å². The maximum Gasteiger partial charge on any atom is 0.341 e. The number of carbonyl (C=O) groups is 1. The van der Waals surface area contributed by atoms with Crippen LogP contribution in [0.3, 0.4) is 0 Å². The molecule has 4 atom stereocenters. The zero-order valence-electron chi connectivity index (χ0n) is 17.0. The standard InChI is InChI=1S/C22H25F2N3O3/c1-10-16(19-22(4-3-5-22)21(2,25)9-26-19)14(24)6-11-17(10)27(15-7-13(15)23)8-12(18(11)28)20(29)30/h6,8,13,15,19,26H,3-5,7,9,25H2,1-2H3,(H,29,30). The van der Waals surface area contributed by atoms with Gasteiger partial charge in [0.1, 0.15) is 17.6 Å². The topological polar surface area (TPSA) is 97.3 Å². The molecule has 8 heteroatoms. The van der Waals surface area contributed by atoms with Gasteiger partial charge in [-0.3, -0.25) is 4.79 Å². The Morgan fingerprint density at radius 1 is 1.40 bits per heavy atom. The number of aryl methyl sites for hydroxylation is 1. The number of fused-ring (bicyclic) bond motifs is 1. The average Bonchev–Trinajstić information content (AvgIpc) is 3.27. The van der Waals surface area contributed by atoms with Gasteiger partial charge in [-0.25, -0.2) is 13.6 Å². The highest BCUT2D eigenvalue weighted by atomic mass is 19.1. The molecular formula is C22H25F2N3O3. The minimum Gasteiger partial charge on any atom is -0.477 e. The second-order valence-corrected chi connectivity index (χ2v) is 9.44. The van der Waals surface area contributed by atoms with Crippen LogP contribution in [0.1, 0.15) is 66.2 Å². The van der Waals surface area contributed by atoms with Crippen LogP contribution in [0, 0.1) is 18.2 Å². The van der Waals surface area contributed by atoms with Crippen molar-refractivity contribution in [1.29, 1.82) is 0 Å². The summed E-state index contributed by atoms with van der Waals surface area (Å²) >= 11 is 0. The minimum atomic E-state index is -1.40. The number of nitrogens with two attached hydrogens (primary N) is 1. The molecular weight excluding hydrogens is 392 g/mol. The van der Waals surface area contributed by atoms with Crippen molar-refractivity contribution in [3.63, 3.8) is 0 Å². The molecule has 30 heavy (non-hydrogen) atoms. The van der Waals surface area contributed by atoms with E-state index >= 15 is 4.39 Å². The van der Waals surface area contributed by atoms with Crippen molar-refractivity contribution in [2.75, 3.05) is 6.54 Å². The largest absolute Gasteiger partial charge is 0.477 e. The molecule has 5 rings (SSSR count). The van der Waals surface area contributed by atoms with Gasteiger partial charge in [-0.1, -0.05) is 6.42 Å². The van der Waals surface area contributed by atoms with E-state index in [1.165, 1.54) is 10.8 Å². The predicted octanol–water partition coefficient (Wildman–Crippen LogP) is 2.96. The van der Waals surface area contributed by atoms with Gasteiger partial charge in [0.25, 0.3) is 0 Å². The van der Waals surface area contributed by atoms with E-state index in [9.17, 15) is 19.1 Å². The highest BCUT2D eigenvalue weighted by molar-refractivity contribution is 5.94. The number of nitrogens with one attached hydrogen (secondary N) is 1. The first kappa shape index (κ1) is 19.6. The van der Waals surface area contributed by atoms with Gasteiger partial charge in [-0.15, -0.1) is 0 Å². The van der Waals surface area contributed by atoms with Gasteiger partial charge in [0.15, 0.2) is 0 Å². The molecule has 1 spiro atoms. The van der Waals surface area contributed by atoms with Crippen molar-refractivity contribution in [1.82, 2.24) is 9.88 Å². The molecule has 6 nitrogen and oxygen atoms in total. The smallest absolute Gasteiger partial charge is 0.341 e. The Labute approximate surface area is 172 Å². The molecule has 1 saturated heterocycles. The monoisotopic (exact) mass is 417 g/mol. The summed E-state index contributed by atoms with van der Waals surface area (Å²) in [7, 11) is 0. The molecule has 1 aromatic carbocycles. The molecule has 1 aliphatic heterocycles. The van der Waals surface area contributed by atoms with Crippen LogP contribution in [0.2, 0.25) is 0 Å². The van der Waals surface area contributed by atoms with Gasteiger partial charge >= 0.3 is 5.97 Å². The van der Waals surface area contributed by atoms with Gasteiger partial charge in [0.05, 0.1) is 11.6 Å². The van der Waals surface area contributed by atoms with Crippen LogP contribution in [-0.2, 0) is 0 Å². The van der Waals surface area contributed by atoms with E-state index in [4.69, 9.17) is 5.73 Å². The Hall–Kier alpha value is -2.32. The van der Waals surface area contributed by atoms with Gasteiger partial charge in [0, 0.05) is 47.1 Å². The molecule has 4 N–H and O–H groups in total. The lowest BCUT2D eigenvalue weighted by atomic mass is 9.55. The molecule has 160 valence electrons. The summed E-state index contributed by atoms with van der Waals surface area (Å²) < 4.78 is 31.0. The van der Waals surface area contributed by atoms with Crippen LogP contribution in [0.4, 0.5) is 8.78 Å². The molecule has 0 amide bonds. The fourth-order valence-corrected chi connectivity index (χ4v) is 5.71. The third kappa shape index (κ3) is 2.40. The molecule has 0 radical (unpaired) electrons. The normalized spacial score (nSPS) is 31.8. The van der Waals surface area contributed by atoms with Crippen molar-refractivity contribution >= 4 is 16.9 Å². The maximum absolute atomic E-state index is 15.5. The molecule has 2 aliphatic carbocycles. The van der Waals surface area contributed by atoms with Gasteiger partial charge in [-0.2, -0.15) is 0 Å². The first-order chi connectivity index (χ1) is 14.1. The van der Waals surface area contributed by atoms with Gasteiger partial charge in [-0.05, 0) is 38.3 Å². The second-order valence-electron chi connectivity index (χ2n) is 9.44. The van der Waals surface area contributed by atoms with E-state index in [-0.39, 0.29) is 23.3 Å². The number of carboxylic acids is 1. The maximum atomic E-state index is 15.5.